The van der Waals surface area contributed by atoms with E-state index in [9.17, 15) is 21.2 Å². The second-order valence-corrected chi connectivity index (χ2v) is 7.99. The van der Waals surface area contributed by atoms with Gasteiger partial charge in [0.2, 0.25) is 10.0 Å². The number of rotatable bonds is 6. The van der Waals surface area contributed by atoms with Crippen LogP contribution >= 0.6 is 0 Å². The van der Waals surface area contributed by atoms with Gasteiger partial charge in [0, 0.05) is 12.3 Å². The number of nitrogen functional groups attached to an aromatic ring is 1. The summed E-state index contributed by atoms with van der Waals surface area (Å²) in [6.45, 7) is 1.18. The maximum Gasteiger partial charge on any atom is 0.242 e. The fourth-order valence-corrected chi connectivity index (χ4v) is 3.31. The molecule has 0 aromatic heterocycles. The first-order chi connectivity index (χ1) is 8.69. The first-order valence-corrected chi connectivity index (χ1v) is 8.74. The van der Waals surface area contributed by atoms with Crippen LogP contribution in [0.1, 0.15) is 6.92 Å². The zero-order valence-corrected chi connectivity index (χ0v) is 11.9. The molecule has 0 unspecified atom stereocenters. The summed E-state index contributed by atoms with van der Waals surface area (Å²) in [4.78, 5) is -0.401. The summed E-state index contributed by atoms with van der Waals surface area (Å²) < 4.78 is 61.3. The van der Waals surface area contributed by atoms with Gasteiger partial charge in [0.05, 0.1) is 11.4 Å². The van der Waals surface area contributed by atoms with E-state index in [0.717, 1.165) is 12.1 Å². The monoisotopic (exact) mass is 310 g/mol. The number of para-hydroxylation sites is 1. The highest BCUT2D eigenvalue weighted by atomic mass is 32.2. The van der Waals surface area contributed by atoms with Gasteiger partial charge < -0.3 is 5.73 Å². The van der Waals surface area contributed by atoms with Gasteiger partial charge in [-0.3, -0.25) is 0 Å². The molecule has 9 heteroatoms. The average Bonchev–Trinajstić information content (AvgIpc) is 2.32. The Hall–Kier alpha value is -1.19. The maximum absolute atomic E-state index is 13.2. The lowest BCUT2D eigenvalue weighted by Crippen LogP contribution is -2.30. The van der Waals surface area contributed by atoms with Crippen molar-refractivity contribution < 1.29 is 21.2 Å². The number of nitrogens with one attached hydrogen (secondary N) is 1. The second kappa shape index (κ2) is 5.85. The molecule has 0 aliphatic heterocycles. The minimum atomic E-state index is -4.02. The number of halogens is 1. The van der Waals surface area contributed by atoms with Gasteiger partial charge in [-0.05, 0) is 12.1 Å². The molecule has 0 fully saturated rings. The molecule has 0 atom stereocenters. The summed E-state index contributed by atoms with van der Waals surface area (Å²) in [7, 11) is -7.30. The molecule has 0 amide bonds. The summed E-state index contributed by atoms with van der Waals surface area (Å²) in [6.07, 6.45) is 0. The lowest BCUT2D eigenvalue weighted by Gasteiger charge is -2.09. The van der Waals surface area contributed by atoms with Crippen LogP contribution in [0.15, 0.2) is 23.1 Å². The van der Waals surface area contributed by atoms with E-state index in [-0.39, 0.29) is 18.1 Å². The van der Waals surface area contributed by atoms with Crippen LogP contribution in [0.4, 0.5) is 10.1 Å². The van der Waals surface area contributed by atoms with E-state index in [1.54, 1.807) is 0 Å². The molecule has 0 aliphatic rings. The lowest BCUT2D eigenvalue weighted by molar-refractivity contribution is 0.579. The zero-order chi connectivity index (χ0) is 14.7. The first kappa shape index (κ1) is 15.9. The average molecular weight is 310 g/mol. The third-order valence-corrected chi connectivity index (χ3v) is 5.67. The largest absolute Gasteiger partial charge is 0.395 e. The predicted octanol–water partition coefficient (Wildman–Crippen LogP) is 0.121. The van der Waals surface area contributed by atoms with Gasteiger partial charge in [-0.1, -0.05) is 13.0 Å². The summed E-state index contributed by atoms with van der Waals surface area (Å²) in [5, 5.41) is 0. The predicted molar refractivity (Wildman–Crippen MR) is 70.3 cm³/mol. The van der Waals surface area contributed by atoms with Gasteiger partial charge in [-0.15, -0.1) is 0 Å². The standard InChI is InChI=1S/C10H15FN2O4S2/c1-2-18(14,15)7-6-13-19(16,17)9-5-3-4-8(11)10(9)12/h3-5,13H,2,6-7,12H2,1H3. The molecule has 1 aromatic rings. The highest BCUT2D eigenvalue weighted by molar-refractivity contribution is 7.91. The summed E-state index contributed by atoms with van der Waals surface area (Å²) >= 11 is 0. The molecule has 0 radical (unpaired) electrons. The van der Waals surface area contributed by atoms with Crippen molar-refractivity contribution in [3.63, 3.8) is 0 Å². The molecule has 0 heterocycles. The fourth-order valence-electron chi connectivity index (χ4n) is 1.31. The highest BCUT2D eigenvalue weighted by Gasteiger charge is 2.19. The zero-order valence-electron chi connectivity index (χ0n) is 10.3. The first-order valence-electron chi connectivity index (χ1n) is 5.43. The van der Waals surface area contributed by atoms with E-state index in [4.69, 9.17) is 5.73 Å². The van der Waals surface area contributed by atoms with Crippen LogP contribution in [-0.2, 0) is 19.9 Å². The van der Waals surface area contributed by atoms with Crippen LogP contribution in [0.25, 0.3) is 0 Å². The molecule has 19 heavy (non-hydrogen) atoms. The van der Waals surface area contributed by atoms with Crippen molar-refractivity contribution >= 4 is 25.5 Å². The van der Waals surface area contributed by atoms with Crippen molar-refractivity contribution in [3.8, 4) is 0 Å². The van der Waals surface area contributed by atoms with Gasteiger partial charge in [-0.25, -0.2) is 25.9 Å². The van der Waals surface area contributed by atoms with Crippen molar-refractivity contribution in [1.82, 2.24) is 4.72 Å². The number of benzene rings is 1. The van der Waals surface area contributed by atoms with Crippen LogP contribution in [0.5, 0.6) is 0 Å². The number of anilines is 1. The van der Waals surface area contributed by atoms with Gasteiger partial charge in [0.1, 0.15) is 10.7 Å². The van der Waals surface area contributed by atoms with E-state index in [0.29, 0.717) is 0 Å². The Bertz CT molecular complexity index is 656. The molecule has 0 saturated heterocycles. The minimum Gasteiger partial charge on any atom is -0.395 e. The van der Waals surface area contributed by atoms with Crippen molar-refractivity contribution in [1.29, 1.82) is 0 Å². The van der Waals surface area contributed by atoms with Gasteiger partial charge >= 0.3 is 0 Å². The molecule has 6 nitrogen and oxygen atoms in total. The van der Waals surface area contributed by atoms with Crippen LogP contribution in [0.3, 0.4) is 0 Å². The number of sulfone groups is 1. The number of sulfonamides is 1. The Kier molecular flexibility index (Phi) is 4.88. The minimum absolute atomic E-state index is 0.0726. The third-order valence-electron chi connectivity index (χ3n) is 2.45. The summed E-state index contributed by atoms with van der Waals surface area (Å²) in [5.41, 5.74) is 4.85. The van der Waals surface area contributed by atoms with Crippen molar-refractivity contribution in [2.45, 2.75) is 11.8 Å². The van der Waals surface area contributed by atoms with Crippen LogP contribution in [0.2, 0.25) is 0 Å². The Balaban J connectivity index is 2.86. The molecule has 108 valence electrons. The van der Waals surface area contributed by atoms with Crippen LogP contribution < -0.4 is 10.5 Å². The summed E-state index contributed by atoms with van der Waals surface area (Å²) in [6, 6.07) is 3.40. The Morgan fingerprint density at radius 3 is 2.47 bits per heavy atom. The third kappa shape index (κ3) is 4.15. The smallest absolute Gasteiger partial charge is 0.242 e. The second-order valence-electron chi connectivity index (χ2n) is 3.79. The van der Waals surface area contributed by atoms with Crippen molar-refractivity contribution in [2.24, 2.45) is 0 Å². The fraction of sp³-hybridized carbons (Fsp3) is 0.400. The van der Waals surface area contributed by atoms with Crippen molar-refractivity contribution in [3.05, 3.63) is 24.0 Å². The molecule has 0 bridgehead atoms. The van der Waals surface area contributed by atoms with E-state index in [1.165, 1.54) is 13.0 Å². The van der Waals surface area contributed by atoms with Crippen LogP contribution in [0, 0.1) is 5.82 Å². The van der Waals surface area contributed by atoms with Gasteiger partial charge in [0.25, 0.3) is 0 Å². The molecular weight excluding hydrogens is 295 g/mol. The van der Waals surface area contributed by atoms with E-state index in [2.05, 4.69) is 4.72 Å². The molecule has 3 N–H and O–H groups in total. The Morgan fingerprint density at radius 1 is 1.26 bits per heavy atom. The molecule has 0 spiro atoms. The normalized spacial score (nSPS) is 12.5. The number of nitrogens with two attached hydrogens (primary N) is 1. The molecule has 1 rings (SSSR count). The molecule has 1 aromatic carbocycles. The van der Waals surface area contributed by atoms with Crippen molar-refractivity contribution in [2.75, 3.05) is 23.8 Å². The number of hydrogen-bond donors (Lipinski definition) is 2. The number of hydrogen-bond acceptors (Lipinski definition) is 5. The maximum atomic E-state index is 13.2. The van der Waals surface area contributed by atoms with Gasteiger partial charge in [0.15, 0.2) is 9.84 Å². The molecule has 0 aliphatic carbocycles. The Morgan fingerprint density at radius 2 is 1.89 bits per heavy atom. The van der Waals surface area contributed by atoms with E-state index >= 15 is 0 Å². The van der Waals surface area contributed by atoms with Gasteiger partial charge in [-0.2, -0.15) is 0 Å². The molecular formula is C10H15FN2O4S2. The topological polar surface area (TPSA) is 106 Å². The van der Waals surface area contributed by atoms with Crippen LogP contribution in [-0.4, -0.2) is 34.9 Å². The summed E-state index contributed by atoms with van der Waals surface area (Å²) in [5.74, 6) is -1.24. The SMILES string of the molecule is CCS(=O)(=O)CCNS(=O)(=O)c1cccc(F)c1N. The van der Waals surface area contributed by atoms with E-state index in [1.807, 2.05) is 0 Å². The lowest BCUT2D eigenvalue weighted by atomic mass is 10.3. The Labute approximate surface area is 111 Å². The quantitative estimate of drug-likeness (QED) is 0.726. The highest BCUT2D eigenvalue weighted by Crippen LogP contribution is 2.20. The molecule has 0 saturated carbocycles. The van der Waals surface area contributed by atoms with E-state index < -0.39 is 36.3 Å².